The summed E-state index contributed by atoms with van der Waals surface area (Å²) >= 11 is 0. The highest BCUT2D eigenvalue weighted by Gasteiger charge is 2.08. The van der Waals surface area contributed by atoms with Crippen molar-refractivity contribution in [3.8, 4) is 5.75 Å². The van der Waals surface area contributed by atoms with E-state index >= 15 is 0 Å². The van der Waals surface area contributed by atoms with E-state index < -0.39 is 0 Å². The molecule has 0 radical (unpaired) electrons. The molecule has 2 aromatic carbocycles. The summed E-state index contributed by atoms with van der Waals surface area (Å²) in [7, 11) is 3.68. The van der Waals surface area contributed by atoms with Gasteiger partial charge in [-0.15, -0.1) is 0 Å². The van der Waals surface area contributed by atoms with Crippen LogP contribution in [-0.4, -0.2) is 22.9 Å². The number of hydrogen-bond acceptors (Lipinski definition) is 3. The van der Waals surface area contributed by atoms with Gasteiger partial charge < -0.3 is 9.30 Å². The summed E-state index contributed by atoms with van der Waals surface area (Å²) in [6.45, 7) is 2.07. The highest BCUT2D eigenvalue weighted by Crippen LogP contribution is 2.26. The maximum atomic E-state index is 5.40. The molecule has 1 aromatic heterocycles. The fourth-order valence-electron chi connectivity index (χ4n) is 2.51. The summed E-state index contributed by atoms with van der Waals surface area (Å²) in [4.78, 5) is 8.99. The normalized spacial score (nSPS) is 12.9. The first-order chi connectivity index (χ1) is 10.7. The molecule has 3 aromatic rings. The summed E-state index contributed by atoms with van der Waals surface area (Å²) < 4.78 is 7.41. The minimum atomic E-state index is 0.0402. The van der Waals surface area contributed by atoms with Crippen molar-refractivity contribution in [3.63, 3.8) is 0 Å². The molecule has 0 aliphatic rings. The standard InChI is InChI=1S/C18H19N3O/c1-13(15-6-4-5-7-18(15)22-3)19-11-14-8-9-16-17(10-14)21(2)12-20-16/h4-13H,1-3H3. The van der Waals surface area contributed by atoms with E-state index in [4.69, 9.17) is 4.74 Å². The minimum absolute atomic E-state index is 0.0402. The molecule has 0 aliphatic heterocycles. The Bertz CT molecular complexity index is 820. The Kier molecular flexibility index (Phi) is 3.92. The van der Waals surface area contributed by atoms with Crippen LogP contribution in [0, 0.1) is 0 Å². The Balaban J connectivity index is 1.86. The van der Waals surface area contributed by atoms with Gasteiger partial charge in [0.1, 0.15) is 5.75 Å². The van der Waals surface area contributed by atoms with E-state index in [9.17, 15) is 0 Å². The van der Waals surface area contributed by atoms with Gasteiger partial charge in [-0.05, 0) is 30.7 Å². The van der Waals surface area contributed by atoms with Crippen LogP contribution in [0.1, 0.15) is 24.1 Å². The zero-order valence-electron chi connectivity index (χ0n) is 13.0. The van der Waals surface area contributed by atoms with Crippen molar-refractivity contribution in [1.29, 1.82) is 0 Å². The number of hydrogen-bond donors (Lipinski definition) is 0. The first kappa shape index (κ1) is 14.3. The maximum absolute atomic E-state index is 5.40. The number of nitrogens with zero attached hydrogens (tertiary/aromatic N) is 3. The summed E-state index contributed by atoms with van der Waals surface area (Å²) in [6, 6.07) is 14.2. The highest BCUT2D eigenvalue weighted by molar-refractivity contribution is 5.87. The monoisotopic (exact) mass is 293 g/mol. The van der Waals surface area contributed by atoms with Gasteiger partial charge in [-0.2, -0.15) is 0 Å². The van der Waals surface area contributed by atoms with Crippen molar-refractivity contribution in [2.45, 2.75) is 13.0 Å². The van der Waals surface area contributed by atoms with Gasteiger partial charge in [0.05, 0.1) is 30.5 Å². The molecular formula is C18H19N3O. The lowest BCUT2D eigenvalue weighted by Gasteiger charge is -2.11. The lowest BCUT2D eigenvalue weighted by atomic mass is 10.1. The lowest BCUT2D eigenvalue weighted by molar-refractivity contribution is 0.407. The van der Waals surface area contributed by atoms with Gasteiger partial charge >= 0.3 is 0 Å². The quantitative estimate of drug-likeness (QED) is 0.687. The Labute approximate surface area is 130 Å². The number of ether oxygens (including phenoxy) is 1. The lowest BCUT2D eigenvalue weighted by Crippen LogP contribution is -1.96. The van der Waals surface area contributed by atoms with E-state index in [1.165, 1.54) is 0 Å². The van der Waals surface area contributed by atoms with Gasteiger partial charge in [-0.25, -0.2) is 4.98 Å². The molecule has 3 rings (SSSR count). The van der Waals surface area contributed by atoms with E-state index in [1.807, 2.05) is 60.6 Å². The number of aryl methyl sites for hydroxylation is 1. The van der Waals surface area contributed by atoms with Gasteiger partial charge in [0.2, 0.25) is 0 Å². The van der Waals surface area contributed by atoms with Crippen LogP contribution in [0.15, 0.2) is 53.8 Å². The second kappa shape index (κ2) is 6.02. The summed E-state index contributed by atoms with van der Waals surface area (Å²) in [5, 5.41) is 0. The largest absolute Gasteiger partial charge is 0.496 e. The molecule has 112 valence electrons. The molecule has 0 fully saturated rings. The van der Waals surface area contributed by atoms with Crippen LogP contribution in [-0.2, 0) is 7.05 Å². The molecule has 0 saturated carbocycles. The Hall–Kier alpha value is -2.62. The van der Waals surface area contributed by atoms with E-state index in [0.29, 0.717) is 0 Å². The van der Waals surface area contributed by atoms with Gasteiger partial charge in [-0.3, -0.25) is 4.99 Å². The molecule has 4 nitrogen and oxygen atoms in total. The van der Waals surface area contributed by atoms with Crippen LogP contribution in [0.3, 0.4) is 0 Å². The van der Waals surface area contributed by atoms with Crippen molar-refractivity contribution in [2.24, 2.45) is 12.0 Å². The van der Waals surface area contributed by atoms with Crippen molar-refractivity contribution < 1.29 is 4.74 Å². The first-order valence-corrected chi connectivity index (χ1v) is 7.26. The van der Waals surface area contributed by atoms with Gasteiger partial charge in [-0.1, -0.05) is 24.3 Å². The average Bonchev–Trinajstić information content (AvgIpc) is 2.93. The Morgan fingerprint density at radius 2 is 2.05 bits per heavy atom. The second-order valence-electron chi connectivity index (χ2n) is 5.30. The van der Waals surface area contributed by atoms with Crippen LogP contribution < -0.4 is 4.74 Å². The molecule has 22 heavy (non-hydrogen) atoms. The summed E-state index contributed by atoms with van der Waals surface area (Å²) in [5.74, 6) is 0.870. The van der Waals surface area contributed by atoms with Crippen LogP contribution in [0.5, 0.6) is 5.75 Å². The molecule has 0 spiro atoms. The van der Waals surface area contributed by atoms with E-state index in [1.54, 1.807) is 7.11 Å². The van der Waals surface area contributed by atoms with E-state index in [2.05, 4.69) is 23.0 Å². The number of methoxy groups -OCH3 is 1. The summed E-state index contributed by atoms with van der Waals surface area (Å²) in [5.41, 5.74) is 4.26. The van der Waals surface area contributed by atoms with Crippen molar-refractivity contribution in [2.75, 3.05) is 7.11 Å². The van der Waals surface area contributed by atoms with Crippen molar-refractivity contribution in [3.05, 3.63) is 59.9 Å². The molecular weight excluding hydrogens is 274 g/mol. The van der Waals surface area contributed by atoms with Gasteiger partial charge in [0.15, 0.2) is 0 Å². The zero-order chi connectivity index (χ0) is 15.5. The molecule has 4 heteroatoms. The van der Waals surface area contributed by atoms with E-state index in [0.717, 1.165) is 27.9 Å². The molecule has 0 bridgehead atoms. The molecule has 1 atom stereocenters. The zero-order valence-corrected chi connectivity index (χ0v) is 13.0. The van der Waals surface area contributed by atoms with E-state index in [-0.39, 0.29) is 6.04 Å². The fraction of sp³-hybridized carbons (Fsp3) is 0.222. The number of benzene rings is 2. The topological polar surface area (TPSA) is 39.4 Å². The molecule has 0 N–H and O–H groups in total. The number of imidazole rings is 1. The number of fused-ring (bicyclic) bond motifs is 1. The fourth-order valence-corrected chi connectivity index (χ4v) is 2.51. The average molecular weight is 293 g/mol. The molecule has 0 saturated heterocycles. The van der Waals surface area contributed by atoms with Crippen LogP contribution in [0.4, 0.5) is 0 Å². The predicted octanol–water partition coefficient (Wildman–Crippen LogP) is 3.76. The third-order valence-electron chi connectivity index (χ3n) is 3.79. The predicted molar refractivity (Wildman–Crippen MR) is 89.7 cm³/mol. The number of rotatable bonds is 4. The number of aromatic nitrogens is 2. The number of aliphatic imine (C=N–C) groups is 1. The maximum Gasteiger partial charge on any atom is 0.124 e. The molecule has 0 aliphatic carbocycles. The Morgan fingerprint density at radius 1 is 1.23 bits per heavy atom. The van der Waals surface area contributed by atoms with Gasteiger partial charge in [0.25, 0.3) is 0 Å². The molecule has 0 amide bonds. The molecule has 1 heterocycles. The third kappa shape index (κ3) is 2.72. The second-order valence-corrected chi connectivity index (χ2v) is 5.30. The van der Waals surface area contributed by atoms with Gasteiger partial charge in [0, 0.05) is 18.8 Å². The van der Waals surface area contributed by atoms with Crippen molar-refractivity contribution >= 4 is 17.2 Å². The highest BCUT2D eigenvalue weighted by atomic mass is 16.5. The SMILES string of the molecule is COc1ccccc1C(C)N=Cc1ccc2ncn(C)c2c1. The van der Waals surface area contributed by atoms with Crippen LogP contribution >= 0.6 is 0 Å². The van der Waals surface area contributed by atoms with Crippen molar-refractivity contribution in [1.82, 2.24) is 9.55 Å². The Morgan fingerprint density at radius 3 is 2.86 bits per heavy atom. The van der Waals surface area contributed by atoms with Crippen LogP contribution in [0.2, 0.25) is 0 Å². The molecule has 1 unspecified atom stereocenters. The smallest absolute Gasteiger partial charge is 0.124 e. The minimum Gasteiger partial charge on any atom is -0.496 e. The van der Waals surface area contributed by atoms with Crippen LogP contribution in [0.25, 0.3) is 11.0 Å². The number of para-hydroxylation sites is 1. The first-order valence-electron chi connectivity index (χ1n) is 7.26. The summed E-state index contributed by atoms with van der Waals surface area (Å²) in [6.07, 6.45) is 3.73. The third-order valence-corrected chi connectivity index (χ3v) is 3.79.